The molecule has 0 atom stereocenters. The quantitative estimate of drug-likeness (QED) is 0.228. The third-order valence-corrected chi connectivity index (χ3v) is 4.53. The molecule has 0 N–H and O–H groups in total. The summed E-state index contributed by atoms with van der Waals surface area (Å²) >= 11 is 0. The van der Waals surface area contributed by atoms with E-state index in [1.165, 1.54) is 0 Å². The highest BCUT2D eigenvalue weighted by molar-refractivity contribution is 5.98. The Bertz CT molecular complexity index is 543. The third kappa shape index (κ3) is 7.78. The predicted octanol–water partition coefficient (Wildman–Crippen LogP) is 4.40. The second kappa shape index (κ2) is 11.1. The number of benzene rings is 1. The van der Waals surface area contributed by atoms with Gasteiger partial charge in [0, 0.05) is 12.5 Å². The van der Waals surface area contributed by atoms with Crippen LogP contribution in [0, 0.1) is 17.5 Å². The zero-order valence-corrected chi connectivity index (χ0v) is 18.4. The molecule has 26 heavy (non-hydrogen) atoms. The lowest BCUT2D eigenvalue weighted by Gasteiger charge is -2.36. The normalized spacial score (nSPS) is 12.5. The van der Waals surface area contributed by atoms with Gasteiger partial charge in [0.15, 0.2) is 22.1 Å². The van der Waals surface area contributed by atoms with E-state index < -0.39 is 23.4 Å². The van der Waals surface area contributed by atoms with Crippen LogP contribution >= 0.6 is 0 Å². The maximum Gasteiger partial charge on any atom is 0.273 e. The number of hydrogen-bond donors (Lipinski definition) is 0. The fourth-order valence-electron chi connectivity index (χ4n) is 2.83. The van der Waals surface area contributed by atoms with E-state index in [2.05, 4.69) is 0 Å². The van der Waals surface area contributed by atoms with E-state index in [0.29, 0.717) is 35.8 Å². The molecule has 0 saturated carbocycles. The Morgan fingerprint density at radius 1 is 0.846 bits per heavy atom. The molecule has 0 heterocycles. The monoisotopic (exact) mass is 392 g/mol. The van der Waals surface area contributed by atoms with Crippen molar-refractivity contribution < 1.29 is 27.1 Å². The van der Waals surface area contributed by atoms with Gasteiger partial charge in [0.05, 0.1) is 12.2 Å². The highest BCUT2D eigenvalue weighted by Gasteiger charge is 2.33. The molecule has 0 radical (unpaired) electrons. The molecule has 1 rings (SSSR count). The molecule has 150 valence electrons. The van der Waals surface area contributed by atoms with Crippen molar-refractivity contribution in [3.05, 3.63) is 35.1 Å². The van der Waals surface area contributed by atoms with Crippen LogP contribution in [0.15, 0.2) is 12.1 Å². The molecule has 0 bridgehead atoms. The van der Waals surface area contributed by atoms with Crippen molar-refractivity contribution in [1.82, 2.24) is 0 Å². The summed E-state index contributed by atoms with van der Waals surface area (Å²) in [6, 6.07) is 1.55. The lowest BCUT2D eigenvalue weighted by atomic mass is 10.0. The number of unbranched alkanes of at least 4 members (excludes halogenated alkanes) is 3. The number of halogens is 3. The van der Waals surface area contributed by atoms with E-state index >= 15 is 0 Å². The Morgan fingerprint density at radius 3 is 1.92 bits per heavy atom. The molecule has 0 saturated heterocycles. The molecule has 0 fully saturated rings. The Kier molecular flexibility index (Phi) is 9.85. The summed E-state index contributed by atoms with van der Waals surface area (Å²) in [4.78, 5) is 0. The average molecular weight is 393 g/mol. The van der Waals surface area contributed by atoms with Crippen molar-refractivity contribution in [1.29, 1.82) is 0 Å². The van der Waals surface area contributed by atoms with Crippen molar-refractivity contribution in [3.63, 3.8) is 0 Å². The van der Waals surface area contributed by atoms with Crippen LogP contribution in [-0.2, 0) is 20.3 Å². The van der Waals surface area contributed by atoms with Gasteiger partial charge in [-0.1, -0.05) is 12.8 Å². The van der Waals surface area contributed by atoms with Gasteiger partial charge in [-0.2, -0.15) is 0 Å². The van der Waals surface area contributed by atoms with Gasteiger partial charge >= 0.3 is 0 Å². The lowest BCUT2D eigenvalue weighted by Crippen LogP contribution is -2.42. The highest BCUT2D eigenvalue weighted by atomic mass is 28.2. The number of rotatable bonds is 12. The van der Waals surface area contributed by atoms with E-state index in [0.717, 1.165) is 25.3 Å². The van der Waals surface area contributed by atoms with Gasteiger partial charge in [-0.25, -0.2) is 13.2 Å². The van der Waals surface area contributed by atoms with Gasteiger partial charge in [0.25, 0.3) is 5.97 Å². The molecule has 0 aromatic heterocycles. The van der Waals surface area contributed by atoms with E-state index in [1.807, 2.05) is 27.7 Å². The first kappa shape index (κ1) is 23.1. The highest BCUT2D eigenvalue weighted by Crippen LogP contribution is 2.26. The molecule has 0 aliphatic heterocycles. The van der Waals surface area contributed by atoms with Gasteiger partial charge in [0.2, 0.25) is 0 Å². The van der Waals surface area contributed by atoms with Crippen molar-refractivity contribution in [3.8, 4) is 0 Å². The minimum absolute atomic E-state index is 0.0148. The predicted molar refractivity (Wildman–Crippen MR) is 99.3 cm³/mol. The van der Waals surface area contributed by atoms with E-state index in [4.69, 9.17) is 13.9 Å². The maximum atomic E-state index is 13.6. The van der Waals surface area contributed by atoms with Gasteiger partial charge in [-0.3, -0.25) is 0 Å². The molecule has 1 aromatic rings. The van der Waals surface area contributed by atoms with E-state index in [-0.39, 0.29) is 17.8 Å². The summed E-state index contributed by atoms with van der Waals surface area (Å²) in [5, 5.41) is 0. The van der Waals surface area contributed by atoms with Crippen molar-refractivity contribution >= 4 is 10.5 Å². The van der Waals surface area contributed by atoms with Crippen molar-refractivity contribution in [2.24, 2.45) is 0 Å². The van der Waals surface area contributed by atoms with Crippen LogP contribution in [0.1, 0.15) is 65.4 Å². The van der Waals surface area contributed by atoms with Crippen molar-refractivity contribution in [2.45, 2.75) is 84.4 Å². The topological polar surface area (TPSA) is 27.7 Å². The first-order valence-corrected chi connectivity index (χ1v) is 10.0. The molecular formula is C19H31F3O3Si. The summed E-state index contributed by atoms with van der Waals surface area (Å²) in [5.74, 6) is -3.85. The number of hydrogen-bond acceptors (Lipinski definition) is 3. The first-order valence-electron chi connectivity index (χ1n) is 9.23. The van der Waals surface area contributed by atoms with E-state index in [9.17, 15) is 13.2 Å². The fraction of sp³-hybridized carbons (Fsp3) is 0.684. The van der Waals surface area contributed by atoms with Gasteiger partial charge in [0.1, 0.15) is 5.82 Å². The second-order valence-electron chi connectivity index (χ2n) is 6.99. The standard InChI is InChI=1S/C19H31F3O3Si/c1-13(2)23-19(25-26,24-14(3)4)10-8-6-5-7-9-15-11-17(21)18(22)12-16(15)20/h11-14H,5-10H2,1-4,26H3. The van der Waals surface area contributed by atoms with Crippen LogP contribution in [-0.4, -0.2) is 28.7 Å². The largest absolute Gasteiger partial charge is 0.380 e. The second-order valence-corrected chi connectivity index (χ2v) is 7.40. The maximum absolute atomic E-state index is 13.6. The van der Waals surface area contributed by atoms with Crippen LogP contribution < -0.4 is 0 Å². The van der Waals surface area contributed by atoms with Gasteiger partial charge in [-0.15, -0.1) is 0 Å². The van der Waals surface area contributed by atoms with Crippen molar-refractivity contribution in [2.75, 3.05) is 0 Å². The van der Waals surface area contributed by atoms with Crippen LogP contribution in [0.3, 0.4) is 0 Å². The third-order valence-electron chi connectivity index (χ3n) is 3.91. The average Bonchev–Trinajstić information content (AvgIpc) is 2.53. The molecule has 7 heteroatoms. The summed E-state index contributed by atoms with van der Waals surface area (Å²) < 4.78 is 57.1. The molecule has 3 nitrogen and oxygen atoms in total. The van der Waals surface area contributed by atoms with Crippen LogP contribution in [0.5, 0.6) is 0 Å². The van der Waals surface area contributed by atoms with Crippen LogP contribution in [0.2, 0.25) is 0 Å². The summed E-state index contributed by atoms with van der Waals surface area (Å²) in [7, 11) is 0.499. The summed E-state index contributed by atoms with van der Waals surface area (Å²) in [6.07, 6.45) is 4.25. The van der Waals surface area contributed by atoms with E-state index in [1.54, 1.807) is 0 Å². The smallest absolute Gasteiger partial charge is 0.273 e. The first-order chi connectivity index (χ1) is 12.2. The van der Waals surface area contributed by atoms with Gasteiger partial charge in [-0.05, 0) is 58.6 Å². The molecule has 0 aliphatic carbocycles. The molecule has 1 aromatic carbocycles. The minimum Gasteiger partial charge on any atom is -0.380 e. The van der Waals surface area contributed by atoms with Crippen LogP contribution in [0.25, 0.3) is 0 Å². The Hall–Kier alpha value is -0.893. The number of ether oxygens (including phenoxy) is 2. The minimum atomic E-state index is -1.15. The summed E-state index contributed by atoms with van der Waals surface area (Å²) in [6.45, 7) is 7.76. The number of aryl methyl sites for hydroxylation is 1. The Labute approximate surface area is 157 Å². The molecular weight excluding hydrogens is 361 g/mol. The zero-order valence-electron chi connectivity index (χ0n) is 16.4. The SMILES string of the molecule is CC(C)OC(CCCCCCc1cc(F)c(F)cc1F)(O[SiH3])OC(C)C. The summed E-state index contributed by atoms with van der Waals surface area (Å²) in [5.41, 5.74) is 0.215. The molecule has 0 spiro atoms. The Morgan fingerprint density at radius 2 is 1.38 bits per heavy atom. The molecule has 0 aliphatic rings. The molecule has 0 amide bonds. The fourth-order valence-corrected chi connectivity index (χ4v) is 3.22. The Balaban J connectivity index is 2.43. The zero-order chi connectivity index (χ0) is 19.7. The molecule has 0 unspecified atom stereocenters. The van der Waals surface area contributed by atoms with Crippen LogP contribution in [0.4, 0.5) is 13.2 Å². The lowest BCUT2D eigenvalue weighted by molar-refractivity contribution is -0.369. The van der Waals surface area contributed by atoms with Gasteiger partial charge < -0.3 is 13.9 Å².